The van der Waals surface area contributed by atoms with Gasteiger partial charge in [0.15, 0.2) is 5.96 Å². The number of nitrogens with zero attached hydrogens (tertiary/aromatic N) is 3. The molecule has 0 atom stereocenters. The number of pyridine rings is 1. The predicted octanol–water partition coefficient (Wildman–Crippen LogP) is 2.64. The number of aromatic nitrogens is 2. The van der Waals surface area contributed by atoms with Crippen molar-refractivity contribution in [3.05, 3.63) is 45.7 Å². The van der Waals surface area contributed by atoms with Gasteiger partial charge in [0.2, 0.25) is 0 Å². The molecule has 2 N–H and O–H groups in total. The van der Waals surface area contributed by atoms with Gasteiger partial charge in [-0.15, -0.1) is 35.3 Å². The molecular formula is C14H20IN5S. The Hall–Kier alpha value is -1.22. The van der Waals surface area contributed by atoms with Gasteiger partial charge in [0, 0.05) is 18.1 Å². The minimum absolute atomic E-state index is 0. The summed E-state index contributed by atoms with van der Waals surface area (Å²) < 4.78 is 0. The van der Waals surface area contributed by atoms with Crippen LogP contribution >= 0.6 is 35.3 Å². The van der Waals surface area contributed by atoms with Crippen LogP contribution in [0.1, 0.15) is 21.3 Å². The van der Waals surface area contributed by atoms with Crippen LogP contribution in [0.25, 0.3) is 0 Å². The molecular weight excluding hydrogens is 397 g/mol. The van der Waals surface area contributed by atoms with Gasteiger partial charge in [0.1, 0.15) is 5.01 Å². The molecule has 0 bridgehead atoms. The van der Waals surface area contributed by atoms with Crippen LogP contribution in [-0.4, -0.2) is 23.0 Å². The first-order valence-corrected chi connectivity index (χ1v) is 7.28. The van der Waals surface area contributed by atoms with Crippen molar-refractivity contribution in [2.75, 3.05) is 7.05 Å². The van der Waals surface area contributed by atoms with E-state index < -0.39 is 0 Å². The van der Waals surface area contributed by atoms with Crippen molar-refractivity contribution in [2.45, 2.75) is 26.9 Å². The van der Waals surface area contributed by atoms with E-state index in [0.29, 0.717) is 13.1 Å². The van der Waals surface area contributed by atoms with Crippen LogP contribution in [0.2, 0.25) is 0 Å². The van der Waals surface area contributed by atoms with E-state index in [0.717, 1.165) is 22.4 Å². The molecule has 21 heavy (non-hydrogen) atoms. The Kier molecular flexibility index (Phi) is 7.58. The number of nitrogens with one attached hydrogen (secondary N) is 2. The largest absolute Gasteiger partial charge is 0.351 e. The topological polar surface area (TPSA) is 62.2 Å². The average Bonchev–Trinajstić information content (AvgIpc) is 2.79. The summed E-state index contributed by atoms with van der Waals surface area (Å²) in [6.45, 7) is 5.45. The number of hydrogen-bond acceptors (Lipinski definition) is 4. The molecule has 0 unspecified atom stereocenters. The quantitative estimate of drug-likeness (QED) is 0.456. The lowest BCUT2D eigenvalue weighted by molar-refractivity contribution is 0.790. The first-order valence-electron chi connectivity index (χ1n) is 6.46. The summed E-state index contributed by atoms with van der Waals surface area (Å²) in [6, 6.07) is 5.86. The fourth-order valence-electron chi connectivity index (χ4n) is 1.67. The zero-order valence-corrected chi connectivity index (χ0v) is 15.5. The maximum atomic E-state index is 4.50. The molecule has 2 aromatic rings. The Labute approximate surface area is 146 Å². The molecule has 0 saturated heterocycles. The van der Waals surface area contributed by atoms with E-state index in [1.807, 2.05) is 25.1 Å². The van der Waals surface area contributed by atoms with Crippen LogP contribution in [0.4, 0.5) is 0 Å². The van der Waals surface area contributed by atoms with Crippen LogP contribution in [0.3, 0.4) is 0 Å². The second kappa shape index (κ2) is 8.93. The van der Waals surface area contributed by atoms with Crippen molar-refractivity contribution in [1.82, 2.24) is 20.6 Å². The van der Waals surface area contributed by atoms with Gasteiger partial charge in [-0.05, 0) is 26.0 Å². The number of guanidine groups is 1. The molecule has 0 spiro atoms. The molecule has 0 amide bonds. The van der Waals surface area contributed by atoms with E-state index in [4.69, 9.17) is 0 Å². The van der Waals surface area contributed by atoms with Crippen molar-refractivity contribution in [3.8, 4) is 0 Å². The van der Waals surface area contributed by atoms with Gasteiger partial charge in [0.05, 0.1) is 24.5 Å². The van der Waals surface area contributed by atoms with E-state index in [2.05, 4.69) is 32.5 Å². The van der Waals surface area contributed by atoms with Crippen molar-refractivity contribution in [3.63, 3.8) is 0 Å². The Morgan fingerprint density at radius 3 is 2.57 bits per heavy atom. The minimum Gasteiger partial charge on any atom is -0.351 e. The summed E-state index contributed by atoms with van der Waals surface area (Å²) in [5.41, 5.74) is 2.08. The van der Waals surface area contributed by atoms with E-state index in [1.165, 1.54) is 4.88 Å². The summed E-state index contributed by atoms with van der Waals surface area (Å²) in [7, 11) is 1.76. The molecule has 0 aliphatic rings. The fourth-order valence-corrected chi connectivity index (χ4v) is 2.55. The standard InChI is InChI=1S/C14H19N5S.HI/c1-10-11(2)20-13(19-10)9-18-14(15-3)17-8-12-6-4-5-7-16-12;/h4-7H,8-9H2,1-3H3,(H2,15,17,18);1H. The lowest BCUT2D eigenvalue weighted by atomic mass is 10.3. The SMILES string of the molecule is CN=C(NCc1ccccn1)NCc1nc(C)c(C)s1.I. The molecule has 2 aromatic heterocycles. The van der Waals surface area contributed by atoms with Crippen molar-refractivity contribution >= 4 is 41.3 Å². The monoisotopic (exact) mass is 417 g/mol. The summed E-state index contributed by atoms with van der Waals surface area (Å²) in [5, 5.41) is 7.56. The van der Waals surface area contributed by atoms with Gasteiger partial charge in [-0.2, -0.15) is 0 Å². The molecule has 5 nitrogen and oxygen atoms in total. The Morgan fingerprint density at radius 1 is 1.24 bits per heavy atom. The first kappa shape index (κ1) is 17.8. The highest BCUT2D eigenvalue weighted by atomic mass is 127. The number of thiazole rings is 1. The molecule has 0 aliphatic carbocycles. The second-order valence-electron chi connectivity index (χ2n) is 4.35. The van der Waals surface area contributed by atoms with Crippen LogP contribution < -0.4 is 10.6 Å². The maximum Gasteiger partial charge on any atom is 0.191 e. The summed E-state index contributed by atoms with van der Waals surface area (Å²) in [5.74, 6) is 0.751. The Morgan fingerprint density at radius 2 is 2.00 bits per heavy atom. The van der Waals surface area contributed by atoms with E-state index in [9.17, 15) is 0 Å². The van der Waals surface area contributed by atoms with Gasteiger partial charge in [-0.3, -0.25) is 9.98 Å². The fraction of sp³-hybridized carbons (Fsp3) is 0.357. The van der Waals surface area contributed by atoms with Crippen LogP contribution in [0.15, 0.2) is 29.4 Å². The van der Waals surface area contributed by atoms with Crippen LogP contribution in [0.5, 0.6) is 0 Å². The van der Waals surface area contributed by atoms with Crippen molar-refractivity contribution in [1.29, 1.82) is 0 Å². The molecule has 0 aliphatic heterocycles. The van der Waals surface area contributed by atoms with E-state index >= 15 is 0 Å². The smallest absolute Gasteiger partial charge is 0.191 e. The number of aliphatic imine (C=N–C) groups is 1. The maximum absolute atomic E-state index is 4.50. The molecule has 0 fully saturated rings. The normalized spacial score (nSPS) is 10.9. The number of rotatable bonds is 4. The summed E-state index contributed by atoms with van der Waals surface area (Å²) in [6.07, 6.45) is 1.79. The lowest BCUT2D eigenvalue weighted by Crippen LogP contribution is -2.36. The molecule has 2 rings (SSSR count). The first-order chi connectivity index (χ1) is 9.69. The Bertz CT molecular complexity index is 563. The molecule has 7 heteroatoms. The van der Waals surface area contributed by atoms with Crippen LogP contribution in [0, 0.1) is 13.8 Å². The highest BCUT2D eigenvalue weighted by Gasteiger charge is 2.04. The third-order valence-corrected chi connectivity index (χ3v) is 3.94. The molecule has 0 radical (unpaired) electrons. The van der Waals surface area contributed by atoms with Crippen molar-refractivity contribution < 1.29 is 0 Å². The second-order valence-corrected chi connectivity index (χ2v) is 5.64. The third-order valence-electron chi connectivity index (χ3n) is 2.87. The van der Waals surface area contributed by atoms with E-state index in [1.54, 1.807) is 24.6 Å². The predicted molar refractivity (Wildman–Crippen MR) is 98.3 cm³/mol. The Balaban J connectivity index is 0.00000220. The van der Waals surface area contributed by atoms with Crippen molar-refractivity contribution in [2.24, 2.45) is 4.99 Å². The number of hydrogen-bond donors (Lipinski definition) is 2. The molecule has 2 heterocycles. The third kappa shape index (κ3) is 5.58. The minimum atomic E-state index is 0. The highest BCUT2D eigenvalue weighted by molar-refractivity contribution is 14.0. The van der Waals surface area contributed by atoms with Gasteiger partial charge >= 0.3 is 0 Å². The summed E-state index contributed by atoms with van der Waals surface area (Å²) >= 11 is 1.71. The van der Waals surface area contributed by atoms with Gasteiger partial charge in [-0.1, -0.05) is 6.07 Å². The van der Waals surface area contributed by atoms with Gasteiger partial charge < -0.3 is 10.6 Å². The van der Waals surface area contributed by atoms with Gasteiger partial charge in [-0.25, -0.2) is 4.98 Å². The molecule has 114 valence electrons. The number of aryl methyl sites for hydroxylation is 2. The lowest BCUT2D eigenvalue weighted by Gasteiger charge is -2.10. The highest BCUT2D eigenvalue weighted by Crippen LogP contribution is 2.15. The molecule has 0 aromatic carbocycles. The van der Waals surface area contributed by atoms with Crippen LogP contribution in [-0.2, 0) is 13.1 Å². The average molecular weight is 417 g/mol. The molecule has 0 saturated carbocycles. The van der Waals surface area contributed by atoms with E-state index in [-0.39, 0.29) is 24.0 Å². The zero-order chi connectivity index (χ0) is 14.4. The zero-order valence-electron chi connectivity index (χ0n) is 12.4. The summed E-state index contributed by atoms with van der Waals surface area (Å²) in [4.78, 5) is 14.2. The number of halogens is 1. The van der Waals surface area contributed by atoms with Gasteiger partial charge in [0.25, 0.3) is 0 Å².